The van der Waals surface area contributed by atoms with Gasteiger partial charge in [-0.15, -0.1) is 0 Å². The Morgan fingerprint density at radius 3 is 2.62 bits per heavy atom. The summed E-state index contributed by atoms with van der Waals surface area (Å²) in [6.07, 6.45) is -2.68. The van der Waals surface area contributed by atoms with Crippen LogP contribution in [-0.2, 0) is 6.54 Å². The first-order valence-corrected chi connectivity index (χ1v) is 3.87. The Morgan fingerprint density at radius 1 is 1.54 bits per heavy atom. The summed E-state index contributed by atoms with van der Waals surface area (Å²) >= 11 is 5.58. The molecule has 0 bridgehead atoms. The molecule has 1 heterocycles. The van der Waals surface area contributed by atoms with E-state index in [1.54, 1.807) is 0 Å². The number of nitrogen functional groups attached to an aromatic ring is 1. The summed E-state index contributed by atoms with van der Waals surface area (Å²) in [7, 11) is 0. The lowest BCUT2D eigenvalue weighted by Gasteiger charge is -2.07. The van der Waals surface area contributed by atoms with Crippen LogP contribution in [0.4, 0.5) is 14.6 Å². The average Bonchev–Trinajstić information content (AvgIpc) is 2.08. The van der Waals surface area contributed by atoms with Crippen molar-refractivity contribution in [1.29, 1.82) is 0 Å². The normalized spacial score (nSPS) is 10.8. The third kappa shape index (κ3) is 2.05. The third-order valence-corrected chi connectivity index (χ3v) is 1.84. The Balaban J connectivity index is 3.25. The van der Waals surface area contributed by atoms with Crippen LogP contribution in [-0.4, -0.2) is 4.98 Å². The molecule has 0 saturated carbocycles. The zero-order valence-electron chi connectivity index (χ0n) is 6.60. The minimum atomic E-state index is -2.68. The fraction of sp³-hybridized carbons (Fsp3) is 0.286. The number of hydrogen-bond acceptors (Lipinski definition) is 3. The van der Waals surface area contributed by atoms with Gasteiger partial charge in [-0.05, 0) is 11.6 Å². The molecule has 3 nitrogen and oxygen atoms in total. The maximum absolute atomic E-state index is 12.3. The molecule has 0 unspecified atom stereocenters. The highest BCUT2D eigenvalue weighted by Crippen LogP contribution is 2.26. The predicted molar refractivity (Wildman–Crippen MR) is 46.5 cm³/mol. The number of rotatable bonds is 2. The van der Waals surface area contributed by atoms with Crippen molar-refractivity contribution in [1.82, 2.24) is 4.98 Å². The van der Waals surface area contributed by atoms with Gasteiger partial charge < -0.3 is 11.5 Å². The van der Waals surface area contributed by atoms with Gasteiger partial charge in [0.15, 0.2) is 0 Å². The third-order valence-electron chi connectivity index (χ3n) is 1.54. The van der Waals surface area contributed by atoms with E-state index in [4.69, 9.17) is 23.1 Å². The van der Waals surface area contributed by atoms with E-state index in [0.717, 1.165) is 0 Å². The van der Waals surface area contributed by atoms with Crippen molar-refractivity contribution in [2.75, 3.05) is 5.73 Å². The van der Waals surface area contributed by atoms with E-state index < -0.39 is 12.1 Å². The van der Waals surface area contributed by atoms with Crippen LogP contribution in [0.25, 0.3) is 0 Å². The molecule has 1 aromatic heterocycles. The summed E-state index contributed by atoms with van der Waals surface area (Å²) in [4.78, 5) is 3.46. The van der Waals surface area contributed by atoms with Crippen molar-refractivity contribution in [2.45, 2.75) is 13.0 Å². The van der Waals surface area contributed by atoms with Crippen LogP contribution in [0.1, 0.15) is 17.7 Å². The van der Waals surface area contributed by atoms with Crippen molar-refractivity contribution < 1.29 is 8.78 Å². The molecular weight excluding hydrogens is 200 g/mol. The first kappa shape index (κ1) is 10.1. The SMILES string of the molecule is NCc1cc(Cl)c(N)nc1C(F)F. The Labute approximate surface area is 78.7 Å². The van der Waals surface area contributed by atoms with Gasteiger partial charge in [0.25, 0.3) is 6.43 Å². The van der Waals surface area contributed by atoms with Gasteiger partial charge in [-0.25, -0.2) is 13.8 Å². The molecule has 6 heteroatoms. The number of nitrogens with zero attached hydrogens (tertiary/aromatic N) is 1. The molecule has 0 amide bonds. The van der Waals surface area contributed by atoms with Crippen LogP contribution in [0.5, 0.6) is 0 Å². The molecule has 0 atom stereocenters. The second kappa shape index (κ2) is 3.85. The van der Waals surface area contributed by atoms with Gasteiger partial charge in [0, 0.05) is 6.54 Å². The number of hydrogen-bond donors (Lipinski definition) is 2. The second-order valence-corrected chi connectivity index (χ2v) is 2.81. The number of alkyl halides is 2. The van der Waals surface area contributed by atoms with E-state index in [-0.39, 0.29) is 22.9 Å². The number of nitrogens with two attached hydrogens (primary N) is 2. The Morgan fingerprint density at radius 2 is 2.15 bits per heavy atom. The van der Waals surface area contributed by atoms with Gasteiger partial charge in [0.05, 0.1) is 5.02 Å². The summed E-state index contributed by atoms with van der Waals surface area (Å²) in [5.41, 5.74) is 10.3. The van der Waals surface area contributed by atoms with Crippen molar-refractivity contribution in [3.8, 4) is 0 Å². The van der Waals surface area contributed by atoms with Crippen LogP contribution in [0.2, 0.25) is 5.02 Å². The van der Waals surface area contributed by atoms with Crippen LogP contribution >= 0.6 is 11.6 Å². The van der Waals surface area contributed by atoms with E-state index >= 15 is 0 Å². The van der Waals surface area contributed by atoms with Gasteiger partial charge in [0.1, 0.15) is 11.5 Å². The molecule has 72 valence electrons. The highest BCUT2D eigenvalue weighted by Gasteiger charge is 2.15. The van der Waals surface area contributed by atoms with Gasteiger partial charge in [-0.2, -0.15) is 0 Å². The standard InChI is InChI=1S/C7H8ClF2N3/c8-4-1-3(2-11)5(6(9)10)13-7(4)12/h1,6H,2,11H2,(H2,12,13). The van der Waals surface area contributed by atoms with Crippen LogP contribution < -0.4 is 11.5 Å². The number of pyridine rings is 1. The van der Waals surface area contributed by atoms with Crippen LogP contribution in [0, 0.1) is 0 Å². The molecule has 0 saturated heterocycles. The van der Waals surface area contributed by atoms with E-state index in [9.17, 15) is 8.78 Å². The minimum Gasteiger partial charge on any atom is -0.382 e. The Kier molecular flexibility index (Phi) is 3.00. The molecule has 0 radical (unpaired) electrons. The van der Waals surface area contributed by atoms with Crippen molar-refractivity contribution in [2.24, 2.45) is 5.73 Å². The lowest BCUT2D eigenvalue weighted by molar-refractivity contribution is 0.145. The molecule has 1 aromatic rings. The molecule has 0 fully saturated rings. The first-order valence-electron chi connectivity index (χ1n) is 3.49. The van der Waals surface area contributed by atoms with Gasteiger partial charge in [-0.1, -0.05) is 11.6 Å². The zero-order valence-corrected chi connectivity index (χ0v) is 7.35. The van der Waals surface area contributed by atoms with E-state index in [1.807, 2.05) is 0 Å². The molecule has 0 aliphatic heterocycles. The maximum Gasteiger partial charge on any atom is 0.280 e. The predicted octanol–water partition coefficient (Wildman–Crippen LogP) is 1.71. The molecule has 13 heavy (non-hydrogen) atoms. The Hall–Kier alpha value is -0.940. The number of anilines is 1. The molecule has 0 spiro atoms. The molecule has 0 aliphatic rings. The first-order chi connectivity index (χ1) is 6.06. The second-order valence-electron chi connectivity index (χ2n) is 2.40. The van der Waals surface area contributed by atoms with Crippen molar-refractivity contribution >= 4 is 17.4 Å². The molecule has 0 aliphatic carbocycles. The van der Waals surface area contributed by atoms with Gasteiger partial charge in [-0.3, -0.25) is 0 Å². The molecule has 1 rings (SSSR count). The van der Waals surface area contributed by atoms with Crippen molar-refractivity contribution in [3.05, 3.63) is 22.3 Å². The lowest BCUT2D eigenvalue weighted by Crippen LogP contribution is -2.06. The molecule has 0 aromatic carbocycles. The summed E-state index contributed by atoms with van der Waals surface area (Å²) in [5.74, 6) is -0.103. The quantitative estimate of drug-likeness (QED) is 0.776. The maximum atomic E-state index is 12.3. The zero-order chi connectivity index (χ0) is 10.0. The van der Waals surface area contributed by atoms with Crippen LogP contribution in [0.15, 0.2) is 6.07 Å². The van der Waals surface area contributed by atoms with E-state index in [0.29, 0.717) is 0 Å². The summed E-state index contributed by atoms with van der Waals surface area (Å²) in [5, 5.41) is 0.143. The Bertz CT molecular complexity index is 317. The van der Waals surface area contributed by atoms with Crippen LogP contribution in [0.3, 0.4) is 0 Å². The summed E-state index contributed by atoms with van der Waals surface area (Å²) in [6, 6.07) is 1.31. The van der Waals surface area contributed by atoms with E-state index in [1.165, 1.54) is 6.07 Å². The molecule has 4 N–H and O–H groups in total. The number of aromatic nitrogens is 1. The highest BCUT2D eigenvalue weighted by atomic mass is 35.5. The molecular formula is C7H8ClF2N3. The highest BCUT2D eigenvalue weighted by molar-refractivity contribution is 6.32. The minimum absolute atomic E-state index is 0.0350. The van der Waals surface area contributed by atoms with Gasteiger partial charge in [0.2, 0.25) is 0 Å². The van der Waals surface area contributed by atoms with Gasteiger partial charge >= 0.3 is 0 Å². The topological polar surface area (TPSA) is 64.9 Å². The fourth-order valence-corrected chi connectivity index (χ4v) is 1.08. The summed E-state index contributed by atoms with van der Waals surface area (Å²) < 4.78 is 24.6. The number of halogens is 3. The largest absolute Gasteiger partial charge is 0.382 e. The monoisotopic (exact) mass is 207 g/mol. The smallest absolute Gasteiger partial charge is 0.280 e. The van der Waals surface area contributed by atoms with Crippen molar-refractivity contribution in [3.63, 3.8) is 0 Å². The fourth-order valence-electron chi connectivity index (χ4n) is 0.908. The summed E-state index contributed by atoms with van der Waals surface area (Å²) in [6.45, 7) is -0.0350. The van der Waals surface area contributed by atoms with E-state index in [2.05, 4.69) is 4.98 Å². The lowest BCUT2D eigenvalue weighted by atomic mass is 10.2. The average molecular weight is 208 g/mol.